The summed E-state index contributed by atoms with van der Waals surface area (Å²) < 4.78 is 2.38. The quantitative estimate of drug-likeness (QED) is 0.642. The van der Waals surface area contributed by atoms with Crippen LogP contribution in [-0.4, -0.2) is 4.57 Å². The minimum absolute atomic E-state index is 0.840. The molecule has 1 aromatic carbocycles. The predicted molar refractivity (Wildman–Crippen MR) is 59.6 cm³/mol. The lowest BCUT2D eigenvalue weighted by Crippen LogP contribution is -1.94. The van der Waals surface area contributed by atoms with E-state index < -0.39 is 0 Å². The third-order valence-electron chi connectivity index (χ3n) is 3.38. The Morgan fingerprint density at radius 1 is 1.21 bits per heavy atom. The highest BCUT2D eigenvalue weighted by Gasteiger charge is 2.28. The highest BCUT2D eigenvalue weighted by Crippen LogP contribution is 2.44. The number of hydrogen-bond donors (Lipinski definition) is 0. The summed E-state index contributed by atoms with van der Waals surface area (Å²) in [5, 5.41) is 1.43. The van der Waals surface area contributed by atoms with Gasteiger partial charge in [-0.25, -0.2) is 0 Å². The topological polar surface area (TPSA) is 4.93 Å². The fourth-order valence-electron chi connectivity index (χ4n) is 2.54. The van der Waals surface area contributed by atoms with Crippen LogP contribution in [0.25, 0.3) is 10.9 Å². The molecule has 1 aliphatic rings. The summed E-state index contributed by atoms with van der Waals surface area (Å²) in [5.74, 6) is 0.840. The van der Waals surface area contributed by atoms with E-state index in [1.807, 2.05) is 0 Å². The fourth-order valence-corrected chi connectivity index (χ4v) is 2.54. The van der Waals surface area contributed by atoms with Gasteiger partial charge in [-0.05, 0) is 37.3 Å². The van der Waals surface area contributed by atoms with Crippen LogP contribution in [0.1, 0.15) is 30.0 Å². The van der Waals surface area contributed by atoms with Gasteiger partial charge in [-0.2, -0.15) is 0 Å². The van der Waals surface area contributed by atoms with E-state index in [1.165, 1.54) is 29.3 Å². The van der Waals surface area contributed by atoms with E-state index in [-0.39, 0.29) is 0 Å². The monoisotopic (exact) mass is 185 g/mol. The van der Waals surface area contributed by atoms with Crippen molar-refractivity contribution in [2.75, 3.05) is 0 Å². The van der Waals surface area contributed by atoms with Gasteiger partial charge in [0, 0.05) is 23.6 Å². The van der Waals surface area contributed by atoms with E-state index in [9.17, 15) is 0 Å². The van der Waals surface area contributed by atoms with Gasteiger partial charge in [0.15, 0.2) is 0 Å². The molecule has 0 spiro atoms. The fraction of sp³-hybridized carbons (Fsp3) is 0.385. The first-order chi connectivity index (χ1) is 6.79. The molecule has 1 heterocycles. The lowest BCUT2D eigenvalue weighted by molar-refractivity contribution is 0.848. The van der Waals surface area contributed by atoms with Crippen LogP contribution in [0.5, 0.6) is 0 Å². The molecule has 1 saturated carbocycles. The summed E-state index contributed by atoms with van der Waals surface area (Å²) in [7, 11) is 2.20. The molecule has 0 atom stereocenters. The average Bonchev–Trinajstić information content (AvgIpc) is 2.99. The molecule has 3 rings (SSSR count). The molecule has 0 amide bonds. The summed E-state index contributed by atoms with van der Waals surface area (Å²) in [6, 6.07) is 8.70. The highest BCUT2D eigenvalue weighted by atomic mass is 15.0. The van der Waals surface area contributed by atoms with Gasteiger partial charge in [-0.15, -0.1) is 0 Å². The Morgan fingerprint density at radius 2 is 1.93 bits per heavy atom. The first-order valence-electron chi connectivity index (χ1n) is 5.33. The van der Waals surface area contributed by atoms with Crippen LogP contribution < -0.4 is 0 Å². The van der Waals surface area contributed by atoms with E-state index in [0.717, 1.165) is 5.92 Å². The van der Waals surface area contributed by atoms with Crippen molar-refractivity contribution in [2.45, 2.75) is 25.7 Å². The summed E-state index contributed by atoms with van der Waals surface area (Å²) in [4.78, 5) is 0. The van der Waals surface area contributed by atoms with Gasteiger partial charge < -0.3 is 4.57 Å². The van der Waals surface area contributed by atoms with E-state index >= 15 is 0 Å². The van der Waals surface area contributed by atoms with Crippen LogP contribution in [0, 0.1) is 6.92 Å². The van der Waals surface area contributed by atoms with Crippen LogP contribution >= 0.6 is 0 Å². The van der Waals surface area contributed by atoms with Crippen molar-refractivity contribution >= 4 is 10.9 Å². The molecule has 0 saturated heterocycles. The van der Waals surface area contributed by atoms with Gasteiger partial charge in [0.05, 0.1) is 0 Å². The van der Waals surface area contributed by atoms with Gasteiger partial charge in [0.25, 0.3) is 0 Å². The maximum Gasteiger partial charge on any atom is 0.0482 e. The first kappa shape index (κ1) is 8.10. The van der Waals surface area contributed by atoms with Crippen molar-refractivity contribution in [1.82, 2.24) is 4.57 Å². The molecule has 1 aromatic heterocycles. The van der Waals surface area contributed by atoms with E-state index in [1.54, 1.807) is 5.69 Å². The molecule has 1 heteroatoms. The molecular weight excluding hydrogens is 170 g/mol. The third kappa shape index (κ3) is 0.955. The van der Waals surface area contributed by atoms with Crippen LogP contribution in [0.2, 0.25) is 0 Å². The first-order valence-corrected chi connectivity index (χ1v) is 5.33. The van der Waals surface area contributed by atoms with Crippen LogP contribution in [0.4, 0.5) is 0 Å². The van der Waals surface area contributed by atoms with Gasteiger partial charge in [0.1, 0.15) is 0 Å². The van der Waals surface area contributed by atoms with Crippen molar-refractivity contribution in [3.8, 4) is 0 Å². The molecule has 72 valence electrons. The van der Waals surface area contributed by atoms with Crippen molar-refractivity contribution in [3.63, 3.8) is 0 Å². The SMILES string of the molecule is Cc1c(C2CC2)n(C)c2ccccc12. The Kier molecular flexibility index (Phi) is 1.52. The number of aryl methyl sites for hydroxylation is 2. The summed E-state index contributed by atoms with van der Waals surface area (Å²) in [6.07, 6.45) is 2.76. The standard InChI is InChI=1S/C13H15N/c1-9-11-5-3-4-6-12(11)14(2)13(9)10-7-8-10/h3-6,10H,7-8H2,1-2H3. The highest BCUT2D eigenvalue weighted by molar-refractivity contribution is 5.85. The lowest BCUT2D eigenvalue weighted by atomic mass is 10.1. The number of rotatable bonds is 1. The minimum atomic E-state index is 0.840. The number of fused-ring (bicyclic) bond motifs is 1. The third-order valence-corrected chi connectivity index (χ3v) is 3.38. The van der Waals surface area contributed by atoms with E-state index in [4.69, 9.17) is 0 Å². The molecule has 0 N–H and O–H groups in total. The Labute approximate surface area is 84.4 Å². The number of benzene rings is 1. The average molecular weight is 185 g/mol. The maximum absolute atomic E-state index is 2.38. The molecular formula is C13H15N. The van der Waals surface area contributed by atoms with Crippen molar-refractivity contribution in [2.24, 2.45) is 7.05 Å². The normalized spacial score (nSPS) is 16.4. The number of para-hydroxylation sites is 1. The van der Waals surface area contributed by atoms with E-state index in [0.29, 0.717) is 0 Å². The number of aromatic nitrogens is 1. The van der Waals surface area contributed by atoms with Gasteiger partial charge in [0.2, 0.25) is 0 Å². The van der Waals surface area contributed by atoms with Crippen LogP contribution in [0.3, 0.4) is 0 Å². The van der Waals surface area contributed by atoms with Crippen LogP contribution in [0.15, 0.2) is 24.3 Å². The van der Waals surface area contributed by atoms with E-state index in [2.05, 4.69) is 42.8 Å². The molecule has 0 bridgehead atoms. The molecule has 14 heavy (non-hydrogen) atoms. The zero-order valence-electron chi connectivity index (χ0n) is 8.75. The summed E-state index contributed by atoms with van der Waals surface area (Å²) in [5.41, 5.74) is 4.43. The second kappa shape index (κ2) is 2.63. The Morgan fingerprint density at radius 3 is 2.57 bits per heavy atom. The molecule has 2 aromatic rings. The minimum Gasteiger partial charge on any atom is -0.347 e. The largest absolute Gasteiger partial charge is 0.347 e. The number of nitrogens with zero attached hydrogens (tertiary/aromatic N) is 1. The Hall–Kier alpha value is -1.24. The van der Waals surface area contributed by atoms with Gasteiger partial charge in [-0.1, -0.05) is 18.2 Å². The molecule has 1 fully saturated rings. The van der Waals surface area contributed by atoms with Gasteiger partial charge in [-0.3, -0.25) is 0 Å². The molecule has 1 nitrogen and oxygen atoms in total. The lowest BCUT2D eigenvalue weighted by Gasteiger charge is -2.02. The van der Waals surface area contributed by atoms with Crippen LogP contribution in [-0.2, 0) is 7.05 Å². The number of hydrogen-bond acceptors (Lipinski definition) is 0. The second-order valence-electron chi connectivity index (χ2n) is 4.36. The summed E-state index contributed by atoms with van der Waals surface area (Å²) >= 11 is 0. The van der Waals surface area contributed by atoms with Crippen molar-refractivity contribution in [3.05, 3.63) is 35.5 Å². The van der Waals surface area contributed by atoms with Crippen molar-refractivity contribution in [1.29, 1.82) is 0 Å². The molecule has 0 aliphatic heterocycles. The molecule has 1 aliphatic carbocycles. The Balaban J connectivity index is 2.38. The smallest absolute Gasteiger partial charge is 0.0482 e. The zero-order valence-corrected chi connectivity index (χ0v) is 8.75. The predicted octanol–water partition coefficient (Wildman–Crippen LogP) is 3.36. The van der Waals surface area contributed by atoms with Gasteiger partial charge >= 0.3 is 0 Å². The second-order valence-corrected chi connectivity index (χ2v) is 4.36. The van der Waals surface area contributed by atoms with Crippen molar-refractivity contribution < 1.29 is 0 Å². The Bertz CT molecular complexity index is 450. The zero-order chi connectivity index (χ0) is 9.71. The summed E-state index contributed by atoms with van der Waals surface area (Å²) in [6.45, 7) is 2.26. The molecule has 0 radical (unpaired) electrons. The maximum atomic E-state index is 2.38. The molecule has 0 unspecified atom stereocenters.